The van der Waals surface area contributed by atoms with Gasteiger partial charge in [-0.05, 0) is 11.6 Å². The van der Waals surface area contributed by atoms with Crippen LogP contribution in [0.3, 0.4) is 0 Å². The Bertz CT molecular complexity index is 827. The number of ether oxygens (including phenoxy) is 1. The summed E-state index contributed by atoms with van der Waals surface area (Å²) in [5.74, 6) is -1.31. The van der Waals surface area contributed by atoms with E-state index < -0.39 is 24.5 Å². The van der Waals surface area contributed by atoms with E-state index in [1.807, 2.05) is 36.4 Å². The molecule has 0 spiro atoms. The van der Waals surface area contributed by atoms with Crippen LogP contribution >= 0.6 is 0 Å². The van der Waals surface area contributed by atoms with Gasteiger partial charge in [-0.3, -0.25) is 9.59 Å². The van der Waals surface area contributed by atoms with Crippen LogP contribution in [-0.2, 0) is 11.4 Å². The number of carboxylic acids is 1. The average Bonchev–Trinajstić information content (AvgIpc) is 2.86. The molecule has 0 radical (unpaired) electrons. The molecule has 2 aromatic carbocycles. The molecule has 1 unspecified atom stereocenters. The number of carbonyl (C=O) groups excluding carboxylic acids is 1. The molecule has 24 heavy (non-hydrogen) atoms. The van der Waals surface area contributed by atoms with Gasteiger partial charge in [0.05, 0.1) is 11.6 Å². The van der Waals surface area contributed by atoms with E-state index in [0.29, 0.717) is 11.3 Å². The predicted molar refractivity (Wildman–Crippen MR) is 84.2 cm³/mol. The minimum Gasteiger partial charge on any atom is -0.488 e. The number of amides is 1. The first kappa shape index (κ1) is 15.6. The van der Waals surface area contributed by atoms with Gasteiger partial charge >= 0.3 is 5.97 Å². The molecule has 0 bridgehead atoms. The molecule has 120 valence electrons. The summed E-state index contributed by atoms with van der Waals surface area (Å²) >= 11 is 0. The Labute approximate surface area is 138 Å². The number of hydrogen-bond donors (Lipinski definition) is 1. The Morgan fingerprint density at radius 1 is 1.21 bits per heavy atom. The summed E-state index contributed by atoms with van der Waals surface area (Å²) in [6.45, 7) is -0.245. The first-order valence-electron chi connectivity index (χ1n) is 7.34. The first-order valence-corrected chi connectivity index (χ1v) is 7.34. The molecule has 1 aliphatic rings. The zero-order chi connectivity index (χ0) is 17.1. The largest absolute Gasteiger partial charge is 0.488 e. The van der Waals surface area contributed by atoms with Crippen molar-refractivity contribution >= 4 is 11.9 Å². The highest BCUT2D eigenvalue weighted by atomic mass is 16.5. The van der Waals surface area contributed by atoms with E-state index in [2.05, 4.69) is 0 Å². The quantitative estimate of drug-likeness (QED) is 0.912. The third-order valence-electron chi connectivity index (χ3n) is 3.80. The molecule has 0 saturated carbocycles. The highest BCUT2D eigenvalue weighted by Gasteiger charge is 2.40. The summed E-state index contributed by atoms with van der Waals surface area (Å²) < 4.78 is 5.75. The lowest BCUT2D eigenvalue weighted by atomic mass is 10.0. The van der Waals surface area contributed by atoms with Crippen LogP contribution in [0.5, 0.6) is 5.75 Å². The van der Waals surface area contributed by atoms with Crippen LogP contribution in [0.4, 0.5) is 0 Å². The van der Waals surface area contributed by atoms with Crippen molar-refractivity contribution in [1.82, 2.24) is 4.90 Å². The van der Waals surface area contributed by atoms with Crippen LogP contribution < -0.4 is 4.74 Å². The van der Waals surface area contributed by atoms with Crippen molar-refractivity contribution < 1.29 is 19.4 Å². The maximum Gasteiger partial charge on any atom is 0.323 e. The SMILES string of the molecule is N#CC1c2cccc(OCc3ccccc3)c2C(=O)N1CC(=O)O. The molecular weight excluding hydrogens is 308 g/mol. The molecule has 0 aliphatic carbocycles. The number of fused-ring (bicyclic) bond motifs is 1. The van der Waals surface area contributed by atoms with Gasteiger partial charge in [0.2, 0.25) is 0 Å². The Kier molecular flexibility index (Phi) is 4.17. The normalized spacial score (nSPS) is 15.7. The Morgan fingerprint density at radius 3 is 2.62 bits per heavy atom. The molecule has 2 aromatic rings. The second kappa shape index (κ2) is 6.42. The molecule has 1 amide bonds. The molecule has 6 nitrogen and oxygen atoms in total. The van der Waals surface area contributed by atoms with Crippen LogP contribution in [0.2, 0.25) is 0 Å². The number of carboxylic acid groups (broad SMARTS) is 1. The third kappa shape index (κ3) is 2.79. The minimum atomic E-state index is -1.16. The molecular formula is C18H14N2O4. The summed E-state index contributed by atoms with van der Waals surface area (Å²) in [7, 11) is 0. The fourth-order valence-electron chi connectivity index (χ4n) is 2.74. The van der Waals surface area contributed by atoms with Crippen molar-refractivity contribution in [3.05, 3.63) is 65.2 Å². The average molecular weight is 322 g/mol. The molecule has 1 N–H and O–H groups in total. The maximum absolute atomic E-state index is 12.6. The van der Waals surface area contributed by atoms with Crippen molar-refractivity contribution in [2.45, 2.75) is 12.6 Å². The van der Waals surface area contributed by atoms with Gasteiger partial charge in [0, 0.05) is 5.56 Å². The fraction of sp³-hybridized carbons (Fsp3) is 0.167. The number of carbonyl (C=O) groups is 2. The van der Waals surface area contributed by atoms with E-state index in [0.717, 1.165) is 10.5 Å². The van der Waals surface area contributed by atoms with E-state index in [9.17, 15) is 14.9 Å². The van der Waals surface area contributed by atoms with E-state index in [4.69, 9.17) is 9.84 Å². The lowest BCUT2D eigenvalue weighted by Crippen LogP contribution is -2.32. The Hall–Kier alpha value is -3.33. The van der Waals surface area contributed by atoms with Gasteiger partial charge in [0.15, 0.2) is 0 Å². The standard InChI is InChI=1S/C18H14N2O4/c19-9-14-13-7-4-8-15(24-11-12-5-2-1-3-6-12)17(13)18(23)20(14)10-16(21)22/h1-8,14H,10-11H2,(H,21,22). The van der Waals surface area contributed by atoms with Crippen LogP contribution in [-0.4, -0.2) is 28.4 Å². The van der Waals surface area contributed by atoms with Crippen molar-refractivity contribution in [3.8, 4) is 11.8 Å². The van der Waals surface area contributed by atoms with Gasteiger partial charge in [-0.15, -0.1) is 0 Å². The smallest absolute Gasteiger partial charge is 0.323 e. The zero-order valence-corrected chi connectivity index (χ0v) is 12.7. The van der Waals surface area contributed by atoms with Gasteiger partial charge in [-0.2, -0.15) is 5.26 Å². The van der Waals surface area contributed by atoms with Crippen LogP contribution in [0.1, 0.15) is 27.5 Å². The van der Waals surface area contributed by atoms with Crippen LogP contribution in [0.25, 0.3) is 0 Å². The van der Waals surface area contributed by atoms with Gasteiger partial charge in [0.1, 0.15) is 24.9 Å². The molecule has 1 heterocycles. The van der Waals surface area contributed by atoms with E-state index in [-0.39, 0.29) is 12.2 Å². The summed E-state index contributed by atoms with van der Waals surface area (Å²) in [6.07, 6.45) is 0. The summed E-state index contributed by atoms with van der Waals surface area (Å²) in [6, 6.07) is 15.6. The van der Waals surface area contributed by atoms with E-state index >= 15 is 0 Å². The molecule has 1 aliphatic heterocycles. The number of rotatable bonds is 5. The predicted octanol–water partition coefficient (Wildman–Crippen LogP) is 2.37. The summed E-state index contributed by atoms with van der Waals surface area (Å²) in [4.78, 5) is 24.6. The second-order valence-electron chi connectivity index (χ2n) is 5.35. The highest BCUT2D eigenvalue weighted by Crippen LogP contribution is 2.38. The molecule has 0 saturated heterocycles. The zero-order valence-electron chi connectivity index (χ0n) is 12.7. The van der Waals surface area contributed by atoms with Crippen molar-refractivity contribution in [2.75, 3.05) is 6.54 Å². The van der Waals surface area contributed by atoms with Crippen LogP contribution in [0.15, 0.2) is 48.5 Å². The number of benzene rings is 2. The Morgan fingerprint density at radius 2 is 1.96 bits per heavy atom. The van der Waals surface area contributed by atoms with Crippen LogP contribution in [0, 0.1) is 11.3 Å². The number of aliphatic carboxylic acids is 1. The number of nitriles is 1. The van der Waals surface area contributed by atoms with Gasteiger partial charge in [-0.1, -0.05) is 42.5 Å². The monoisotopic (exact) mass is 322 g/mol. The summed E-state index contributed by atoms with van der Waals surface area (Å²) in [5, 5.41) is 18.3. The minimum absolute atomic E-state index is 0.265. The first-order chi connectivity index (χ1) is 11.6. The van der Waals surface area contributed by atoms with Crippen molar-refractivity contribution in [2.24, 2.45) is 0 Å². The van der Waals surface area contributed by atoms with Gasteiger partial charge in [0.25, 0.3) is 5.91 Å². The fourth-order valence-corrected chi connectivity index (χ4v) is 2.74. The van der Waals surface area contributed by atoms with Gasteiger partial charge < -0.3 is 14.7 Å². The lowest BCUT2D eigenvalue weighted by Gasteiger charge is -2.16. The lowest BCUT2D eigenvalue weighted by molar-refractivity contribution is -0.137. The van der Waals surface area contributed by atoms with Crippen molar-refractivity contribution in [1.29, 1.82) is 5.26 Å². The maximum atomic E-state index is 12.6. The number of nitrogens with zero attached hydrogens (tertiary/aromatic N) is 2. The second-order valence-corrected chi connectivity index (χ2v) is 5.35. The topological polar surface area (TPSA) is 90.6 Å². The van der Waals surface area contributed by atoms with Gasteiger partial charge in [-0.25, -0.2) is 0 Å². The molecule has 0 aromatic heterocycles. The molecule has 1 atom stereocenters. The molecule has 3 rings (SSSR count). The number of hydrogen-bond acceptors (Lipinski definition) is 4. The Balaban J connectivity index is 1.91. The molecule has 0 fully saturated rings. The summed E-state index contributed by atoms with van der Waals surface area (Å²) in [5.41, 5.74) is 1.69. The van der Waals surface area contributed by atoms with E-state index in [1.54, 1.807) is 18.2 Å². The van der Waals surface area contributed by atoms with E-state index in [1.165, 1.54) is 0 Å². The third-order valence-corrected chi connectivity index (χ3v) is 3.80. The van der Waals surface area contributed by atoms with Crippen molar-refractivity contribution in [3.63, 3.8) is 0 Å². The molecule has 6 heteroatoms. The highest BCUT2D eigenvalue weighted by molar-refractivity contribution is 6.03.